The molecule has 1 atom stereocenters. The highest BCUT2D eigenvalue weighted by molar-refractivity contribution is 5.28. The van der Waals surface area contributed by atoms with Crippen LogP contribution in [-0.2, 0) is 9.47 Å². The lowest BCUT2D eigenvalue weighted by Gasteiger charge is -2.08. The Balaban J connectivity index is 2.56. The molecule has 1 saturated heterocycles. The molecule has 1 aliphatic rings. The van der Waals surface area contributed by atoms with Gasteiger partial charge in [0, 0.05) is 0 Å². The van der Waals surface area contributed by atoms with Crippen LogP contribution in [0.25, 0.3) is 0 Å². The van der Waals surface area contributed by atoms with E-state index in [2.05, 4.69) is 19.7 Å². The topological polar surface area (TPSA) is 21.8 Å². The zero-order chi connectivity index (χ0) is 10.4. The van der Waals surface area contributed by atoms with Gasteiger partial charge in [0.1, 0.15) is 18.5 Å². The monoisotopic (exact) mass is 192 g/mol. The van der Waals surface area contributed by atoms with Gasteiger partial charge in [-0.3, -0.25) is 0 Å². The van der Waals surface area contributed by atoms with E-state index >= 15 is 0 Å². The summed E-state index contributed by atoms with van der Waals surface area (Å²) in [6, 6.07) is 0. The zero-order valence-corrected chi connectivity index (χ0v) is 8.37. The zero-order valence-electron chi connectivity index (χ0n) is 8.37. The molecular formula is C12H16O2. The quantitative estimate of drug-likeness (QED) is 0.268. The van der Waals surface area contributed by atoms with Gasteiger partial charge in [0.25, 0.3) is 0 Å². The van der Waals surface area contributed by atoms with Gasteiger partial charge in [-0.15, -0.1) is 6.58 Å². The van der Waals surface area contributed by atoms with Crippen molar-refractivity contribution in [1.29, 1.82) is 0 Å². The van der Waals surface area contributed by atoms with Crippen LogP contribution in [0.4, 0.5) is 0 Å². The Kier molecular flexibility index (Phi) is 4.20. The maximum Gasteiger partial charge on any atom is 0.122 e. The second-order valence-electron chi connectivity index (χ2n) is 3.06. The van der Waals surface area contributed by atoms with Crippen molar-refractivity contribution >= 4 is 0 Å². The van der Waals surface area contributed by atoms with Gasteiger partial charge in [0.05, 0.1) is 6.61 Å². The fourth-order valence-electron chi connectivity index (χ4n) is 1.07. The summed E-state index contributed by atoms with van der Waals surface area (Å²) in [5.41, 5.74) is 1.01. The first-order valence-corrected chi connectivity index (χ1v) is 4.65. The highest BCUT2D eigenvalue weighted by atomic mass is 16.6. The van der Waals surface area contributed by atoms with Gasteiger partial charge in [0.2, 0.25) is 0 Å². The molecule has 0 N–H and O–H groups in total. The number of hydrogen-bond acceptors (Lipinski definition) is 2. The molecule has 1 rings (SSSR count). The molecule has 76 valence electrons. The highest BCUT2D eigenvalue weighted by Gasteiger charge is 2.23. The van der Waals surface area contributed by atoms with Gasteiger partial charge < -0.3 is 9.47 Å². The lowest BCUT2D eigenvalue weighted by atomic mass is 10.1. The fourth-order valence-corrected chi connectivity index (χ4v) is 1.07. The Hall–Kier alpha value is -1.28. The van der Waals surface area contributed by atoms with Crippen LogP contribution < -0.4 is 0 Å². The third-order valence-electron chi connectivity index (χ3n) is 1.94. The molecule has 1 aliphatic heterocycles. The largest absolute Gasteiger partial charge is 0.491 e. The molecule has 0 saturated carbocycles. The molecule has 2 nitrogen and oxygen atoms in total. The predicted molar refractivity (Wildman–Crippen MR) is 57.9 cm³/mol. The minimum atomic E-state index is 0.264. The van der Waals surface area contributed by atoms with E-state index in [0.29, 0.717) is 6.61 Å². The Morgan fingerprint density at radius 1 is 1.36 bits per heavy atom. The summed E-state index contributed by atoms with van der Waals surface area (Å²) in [5.74, 6) is 0.774. The standard InChI is InChI=1S/C12H16O2/c1-4-7-10(5-2)12(6-3)14-9-11-8-13-11/h4-6,11H,1-3,7-9H2/b12-10-. The van der Waals surface area contributed by atoms with Crippen LogP contribution in [0.5, 0.6) is 0 Å². The average Bonchev–Trinajstić information content (AvgIpc) is 3.00. The van der Waals surface area contributed by atoms with Crippen molar-refractivity contribution in [3.05, 3.63) is 49.3 Å². The van der Waals surface area contributed by atoms with E-state index in [0.717, 1.165) is 24.4 Å². The summed E-state index contributed by atoms with van der Waals surface area (Å²) in [6.07, 6.45) is 6.29. The number of allylic oxidation sites excluding steroid dienone is 4. The first kappa shape index (κ1) is 10.8. The highest BCUT2D eigenvalue weighted by Crippen LogP contribution is 2.16. The number of hydrogen-bond donors (Lipinski definition) is 0. The molecule has 0 spiro atoms. The molecule has 0 aliphatic carbocycles. The third-order valence-corrected chi connectivity index (χ3v) is 1.94. The van der Waals surface area contributed by atoms with Crippen LogP contribution in [0.2, 0.25) is 0 Å². The van der Waals surface area contributed by atoms with Gasteiger partial charge in [-0.25, -0.2) is 0 Å². The van der Waals surface area contributed by atoms with E-state index in [1.165, 1.54) is 0 Å². The van der Waals surface area contributed by atoms with Crippen LogP contribution in [0, 0.1) is 0 Å². The molecule has 1 fully saturated rings. The van der Waals surface area contributed by atoms with E-state index in [9.17, 15) is 0 Å². The van der Waals surface area contributed by atoms with Crippen molar-refractivity contribution in [3.8, 4) is 0 Å². The van der Waals surface area contributed by atoms with Crippen molar-refractivity contribution < 1.29 is 9.47 Å². The van der Waals surface area contributed by atoms with E-state index < -0.39 is 0 Å². The molecule has 0 amide bonds. The van der Waals surface area contributed by atoms with Crippen LogP contribution in [-0.4, -0.2) is 19.3 Å². The summed E-state index contributed by atoms with van der Waals surface area (Å²) in [4.78, 5) is 0. The fraction of sp³-hybridized carbons (Fsp3) is 0.333. The lowest BCUT2D eigenvalue weighted by Crippen LogP contribution is -2.01. The van der Waals surface area contributed by atoms with E-state index in [1.807, 2.05) is 6.08 Å². The van der Waals surface area contributed by atoms with Gasteiger partial charge in [-0.05, 0) is 18.1 Å². The van der Waals surface area contributed by atoms with Gasteiger partial charge in [0.15, 0.2) is 0 Å². The van der Waals surface area contributed by atoms with E-state index in [4.69, 9.17) is 9.47 Å². The Bertz CT molecular complexity index is 259. The average molecular weight is 192 g/mol. The van der Waals surface area contributed by atoms with Crippen molar-refractivity contribution in [2.24, 2.45) is 0 Å². The summed E-state index contributed by atoms with van der Waals surface area (Å²) < 4.78 is 10.6. The molecule has 14 heavy (non-hydrogen) atoms. The minimum absolute atomic E-state index is 0.264. The van der Waals surface area contributed by atoms with E-state index in [1.54, 1.807) is 12.2 Å². The van der Waals surface area contributed by atoms with Gasteiger partial charge in [-0.1, -0.05) is 25.3 Å². The Labute approximate surface area is 85.2 Å². The summed E-state index contributed by atoms with van der Waals surface area (Å²) in [7, 11) is 0. The van der Waals surface area contributed by atoms with E-state index in [-0.39, 0.29) is 6.10 Å². The Morgan fingerprint density at radius 3 is 2.50 bits per heavy atom. The summed E-state index contributed by atoms with van der Waals surface area (Å²) in [6.45, 7) is 12.5. The summed E-state index contributed by atoms with van der Waals surface area (Å²) >= 11 is 0. The third kappa shape index (κ3) is 3.23. The van der Waals surface area contributed by atoms with Crippen LogP contribution in [0.3, 0.4) is 0 Å². The molecule has 0 aromatic heterocycles. The second-order valence-corrected chi connectivity index (χ2v) is 3.06. The normalized spacial score (nSPS) is 20.7. The van der Waals surface area contributed by atoms with Crippen molar-refractivity contribution in [3.63, 3.8) is 0 Å². The number of epoxide rings is 1. The minimum Gasteiger partial charge on any atom is -0.491 e. The second kappa shape index (κ2) is 5.45. The van der Waals surface area contributed by atoms with Crippen LogP contribution in [0.1, 0.15) is 6.42 Å². The molecule has 0 aromatic rings. The molecule has 2 heteroatoms. The maximum absolute atomic E-state index is 5.54. The number of rotatable bonds is 7. The molecule has 0 radical (unpaired) electrons. The SMILES string of the molecule is C=CC/C(C=C)=C(/C=C)OCC1CO1. The molecule has 0 aromatic carbocycles. The lowest BCUT2D eigenvalue weighted by molar-refractivity contribution is 0.191. The van der Waals surface area contributed by atoms with Crippen molar-refractivity contribution in [2.45, 2.75) is 12.5 Å². The molecular weight excluding hydrogens is 176 g/mol. The Morgan fingerprint density at radius 2 is 2.07 bits per heavy atom. The van der Waals surface area contributed by atoms with Gasteiger partial charge in [-0.2, -0.15) is 0 Å². The maximum atomic E-state index is 5.54. The first-order valence-electron chi connectivity index (χ1n) is 4.65. The molecule has 0 bridgehead atoms. The first-order chi connectivity index (χ1) is 6.81. The molecule has 1 unspecified atom stereocenters. The molecule has 1 heterocycles. The van der Waals surface area contributed by atoms with Gasteiger partial charge >= 0.3 is 0 Å². The smallest absolute Gasteiger partial charge is 0.122 e. The number of ether oxygens (including phenoxy) is 2. The summed E-state index contributed by atoms with van der Waals surface area (Å²) in [5, 5.41) is 0. The predicted octanol–water partition coefficient (Wildman–Crippen LogP) is 2.60. The van der Waals surface area contributed by atoms with Crippen molar-refractivity contribution in [1.82, 2.24) is 0 Å². The van der Waals surface area contributed by atoms with Crippen LogP contribution >= 0.6 is 0 Å². The van der Waals surface area contributed by atoms with Crippen molar-refractivity contribution in [2.75, 3.05) is 13.2 Å². The van der Waals surface area contributed by atoms with Crippen LogP contribution in [0.15, 0.2) is 49.3 Å².